The topological polar surface area (TPSA) is 38.5 Å². The SMILES string of the molecule is CN(CC1CCCOC1)CC(C)(C)N.Cl. The molecule has 92 valence electrons. The van der Waals surface area contributed by atoms with Crippen LogP contribution >= 0.6 is 12.4 Å². The Kier molecular flexibility index (Phi) is 6.76. The molecule has 0 aromatic carbocycles. The predicted molar refractivity (Wildman–Crippen MR) is 66.6 cm³/mol. The summed E-state index contributed by atoms with van der Waals surface area (Å²) >= 11 is 0. The number of rotatable bonds is 4. The van der Waals surface area contributed by atoms with Crippen LogP contribution in [0.25, 0.3) is 0 Å². The van der Waals surface area contributed by atoms with E-state index in [1.807, 2.05) is 0 Å². The summed E-state index contributed by atoms with van der Waals surface area (Å²) in [7, 11) is 2.14. The lowest BCUT2D eigenvalue weighted by atomic mass is 10.0. The van der Waals surface area contributed by atoms with Gasteiger partial charge in [0.2, 0.25) is 0 Å². The van der Waals surface area contributed by atoms with Crippen LogP contribution in [-0.2, 0) is 4.74 Å². The van der Waals surface area contributed by atoms with Crippen LogP contribution in [0.1, 0.15) is 26.7 Å². The fourth-order valence-electron chi connectivity index (χ4n) is 2.15. The highest BCUT2D eigenvalue weighted by Crippen LogP contribution is 2.15. The summed E-state index contributed by atoms with van der Waals surface area (Å²) < 4.78 is 5.46. The molecule has 0 saturated carbocycles. The summed E-state index contributed by atoms with van der Waals surface area (Å²) in [5.41, 5.74) is 5.88. The quantitative estimate of drug-likeness (QED) is 0.804. The Bertz CT molecular complexity index is 164. The van der Waals surface area contributed by atoms with E-state index in [9.17, 15) is 0 Å². The first-order valence-corrected chi connectivity index (χ1v) is 5.52. The van der Waals surface area contributed by atoms with Crippen LogP contribution in [0.3, 0.4) is 0 Å². The molecule has 15 heavy (non-hydrogen) atoms. The van der Waals surface area contributed by atoms with Gasteiger partial charge in [-0.3, -0.25) is 0 Å². The molecule has 0 spiro atoms. The van der Waals surface area contributed by atoms with E-state index in [-0.39, 0.29) is 17.9 Å². The van der Waals surface area contributed by atoms with Crippen molar-refractivity contribution < 1.29 is 4.74 Å². The molecule has 1 unspecified atom stereocenters. The molecule has 0 aliphatic carbocycles. The van der Waals surface area contributed by atoms with Crippen molar-refractivity contribution in [2.75, 3.05) is 33.4 Å². The standard InChI is InChI=1S/C11H24N2O.ClH/c1-11(2,12)9-13(3)7-10-5-4-6-14-8-10;/h10H,4-9,12H2,1-3H3;1H. The molecule has 0 amide bonds. The molecule has 1 atom stereocenters. The molecular weight excluding hydrogens is 212 g/mol. The predicted octanol–water partition coefficient (Wildman–Crippen LogP) is 1.50. The van der Waals surface area contributed by atoms with Gasteiger partial charge in [-0.1, -0.05) is 0 Å². The lowest BCUT2D eigenvalue weighted by molar-refractivity contribution is 0.0400. The van der Waals surface area contributed by atoms with Crippen LogP contribution in [0.5, 0.6) is 0 Å². The first kappa shape index (κ1) is 15.2. The summed E-state index contributed by atoms with van der Waals surface area (Å²) in [4.78, 5) is 2.32. The number of nitrogens with two attached hydrogens (primary N) is 1. The monoisotopic (exact) mass is 236 g/mol. The zero-order valence-electron chi connectivity index (χ0n) is 10.2. The first-order chi connectivity index (χ1) is 6.47. The molecule has 3 nitrogen and oxygen atoms in total. The van der Waals surface area contributed by atoms with Crippen molar-refractivity contribution in [3.63, 3.8) is 0 Å². The summed E-state index contributed by atoms with van der Waals surface area (Å²) in [5.74, 6) is 0.705. The van der Waals surface area contributed by atoms with Gasteiger partial charge in [-0.15, -0.1) is 12.4 Å². The van der Waals surface area contributed by atoms with Crippen LogP contribution < -0.4 is 5.73 Å². The van der Waals surface area contributed by atoms with E-state index >= 15 is 0 Å². The fraction of sp³-hybridized carbons (Fsp3) is 1.00. The maximum atomic E-state index is 5.97. The lowest BCUT2D eigenvalue weighted by Crippen LogP contribution is -2.45. The average Bonchev–Trinajstić information content (AvgIpc) is 2.02. The summed E-state index contributed by atoms with van der Waals surface area (Å²) in [6, 6.07) is 0. The second kappa shape index (κ2) is 6.69. The Morgan fingerprint density at radius 2 is 2.13 bits per heavy atom. The molecule has 1 aliphatic rings. The largest absolute Gasteiger partial charge is 0.381 e. The number of hydrogen-bond acceptors (Lipinski definition) is 3. The Morgan fingerprint density at radius 3 is 2.60 bits per heavy atom. The van der Waals surface area contributed by atoms with Gasteiger partial charge < -0.3 is 15.4 Å². The molecule has 1 fully saturated rings. The van der Waals surface area contributed by atoms with Crippen molar-refractivity contribution in [1.29, 1.82) is 0 Å². The second-order valence-electron chi connectivity index (χ2n) is 5.27. The van der Waals surface area contributed by atoms with Gasteiger partial charge in [0.25, 0.3) is 0 Å². The minimum absolute atomic E-state index is 0. The third-order valence-corrected chi connectivity index (χ3v) is 2.50. The van der Waals surface area contributed by atoms with E-state index in [4.69, 9.17) is 10.5 Å². The Labute approximate surface area is 99.7 Å². The number of nitrogens with zero attached hydrogens (tertiary/aromatic N) is 1. The number of hydrogen-bond donors (Lipinski definition) is 1. The van der Waals surface area contributed by atoms with Gasteiger partial charge in [0.05, 0.1) is 6.61 Å². The van der Waals surface area contributed by atoms with E-state index in [2.05, 4.69) is 25.8 Å². The second-order valence-corrected chi connectivity index (χ2v) is 5.27. The van der Waals surface area contributed by atoms with E-state index in [1.54, 1.807) is 0 Å². The fourth-order valence-corrected chi connectivity index (χ4v) is 2.15. The summed E-state index contributed by atoms with van der Waals surface area (Å²) in [5, 5.41) is 0. The molecule has 1 aliphatic heterocycles. The zero-order chi connectivity index (χ0) is 10.6. The van der Waals surface area contributed by atoms with Crippen molar-refractivity contribution in [1.82, 2.24) is 4.90 Å². The highest BCUT2D eigenvalue weighted by Gasteiger charge is 2.19. The molecule has 1 saturated heterocycles. The molecule has 2 N–H and O–H groups in total. The highest BCUT2D eigenvalue weighted by molar-refractivity contribution is 5.85. The molecule has 1 heterocycles. The molecule has 1 rings (SSSR count). The van der Waals surface area contributed by atoms with Gasteiger partial charge in [0, 0.05) is 25.2 Å². The number of likely N-dealkylation sites (N-methyl/N-ethyl adjacent to an activating group) is 1. The molecule has 0 aromatic rings. The third kappa shape index (κ3) is 7.12. The van der Waals surface area contributed by atoms with Crippen molar-refractivity contribution in [3.05, 3.63) is 0 Å². The van der Waals surface area contributed by atoms with Gasteiger partial charge in [-0.05, 0) is 39.7 Å². The lowest BCUT2D eigenvalue weighted by Gasteiger charge is -2.31. The first-order valence-electron chi connectivity index (χ1n) is 5.52. The average molecular weight is 237 g/mol. The van der Waals surface area contributed by atoms with Gasteiger partial charge in [0.15, 0.2) is 0 Å². The van der Waals surface area contributed by atoms with Crippen molar-refractivity contribution in [2.24, 2.45) is 11.7 Å². The third-order valence-electron chi connectivity index (χ3n) is 2.50. The van der Waals surface area contributed by atoms with Crippen molar-refractivity contribution in [3.8, 4) is 0 Å². The maximum absolute atomic E-state index is 5.97. The number of ether oxygens (including phenoxy) is 1. The maximum Gasteiger partial charge on any atom is 0.0506 e. The van der Waals surface area contributed by atoms with Gasteiger partial charge in [-0.2, -0.15) is 0 Å². The van der Waals surface area contributed by atoms with Crippen LogP contribution in [0.4, 0.5) is 0 Å². The summed E-state index contributed by atoms with van der Waals surface area (Å²) in [6.07, 6.45) is 2.51. The van der Waals surface area contributed by atoms with E-state index in [0.717, 1.165) is 26.3 Å². The summed E-state index contributed by atoms with van der Waals surface area (Å²) in [6.45, 7) is 8.07. The van der Waals surface area contributed by atoms with Crippen LogP contribution in [0, 0.1) is 5.92 Å². The molecular formula is C11H25ClN2O. The minimum Gasteiger partial charge on any atom is -0.381 e. The van der Waals surface area contributed by atoms with E-state index in [0.29, 0.717) is 5.92 Å². The smallest absolute Gasteiger partial charge is 0.0506 e. The zero-order valence-corrected chi connectivity index (χ0v) is 11.0. The Morgan fingerprint density at radius 1 is 1.47 bits per heavy atom. The Hall–Kier alpha value is 0.170. The highest BCUT2D eigenvalue weighted by atomic mass is 35.5. The Balaban J connectivity index is 0.00000196. The normalized spacial score (nSPS) is 22.6. The van der Waals surface area contributed by atoms with Crippen LogP contribution in [0.2, 0.25) is 0 Å². The molecule has 0 aromatic heterocycles. The minimum atomic E-state index is -0.0930. The molecule has 4 heteroatoms. The van der Waals surface area contributed by atoms with Crippen LogP contribution in [-0.4, -0.2) is 43.8 Å². The van der Waals surface area contributed by atoms with Gasteiger partial charge >= 0.3 is 0 Å². The van der Waals surface area contributed by atoms with Crippen molar-refractivity contribution >= 4 is 12.4 Å². The molecule has 0 bridgehead atoms. The van der Waals surface area contributed by atoms with E-state index < -0.39 is 0 Å². The van der Waals surface area contributed by atoms with E-state index in [1.165, 1.54) is 12.8 Å². The van der Waals surface area contributed by atoms with Gasteiger partial charge in [0.1, 0.15) is 0 Å². The van der Waals surface area contributed by atoms with Crippen molar-refractivity contribution in [2.45, 2.75) is 32.2 Å². The number of halogens is 1. The van der Waals surface area contributed by atoms with Crippen LogP contribution in [0.15, 0.2) is 0 Å². The van der Waals surface area contributed by atoms with Gasteiger partial charge in [-0.25, -0.2) is 0 Å². The molecule has 0 radical (unpaired) electrons.